The van der Waals surface area contributed by atoms with Gasteiger partial charge in [-0.25, -0.2) is 38.4 Å². The van der Waals surface area contributed by atoms with Crippen LogP contribution in [-0.2, 0) is 66.7 Å². The van der Waals surface area contributed by atoms with Crippen LogP contribution in [-0.4, -0.2) is 114 Å². The normalized spacial score (nSPS) is 17.3. The fourth-order valence-electron chi connectivity index (χ4n) is 6.96. The summed E-state index contributed by atoms with van der Waals surface area (Å²) in [4.78, 5) is 100. The first-order chi connectivity index (χ1) is 29.9. The molecule has 64 heavy (non-hydrogen) atoms. The van der Waals surface area contributed by atoms with Gasteiger partial charge in [-0.05, 0) is 90.9 Å². The largest absolute Gasteiger partial charge is 0.461 e. The lowest BCUT2D eigenvalue weighted by atomic mass is 9.87. The zero-order valence-electron chi connectivity index (χ0n) is 38.0. The molecule has 2 rings (SSSR count). The number of nitrogens with one attached hydrogen (secondary N) is 2. The number of hydrogen-bond donors (Lipinski definition) is 2. The van der Waals surface area contributed by atoms with Crippen LogP contribution in [0.5, 0.6) is 0 Å². The van der Waals surface area contributed by atoms with Crippen molar-refractivity contribution in [2.75, 3.05) is 65.9 Å². The van der Waals surface area contributed by atoms with Crippen molar-refractivity contribution in [2.24, 2.45) is 34.5 Å². The summed E-state index contributed by atoms with van der Waals surface area (Å²) in [5, 5.41) is 5.54. The minimum atomic E-state index is -1.50. The molecule has 2 saturated carbocycles. The van der Waals surface area contributed by atoms with Gasteiger partial charge in [0.15, 0.2) is 0 Å². The maximum absolute atomic E-state index is 13.1. The number of rotatable bonds is 27. The Labute approximate surface area is 374 Å². The zero-order valence-corrected chi connectivity index (χ0v) is 38.0. The predicted molar refractivity (Wildman–Crippen MR) is 231 cm³/mol. The molecule has 2 amide bonds. The molecule has 354 valence electrons. The summed E-state index contributed by atoms with van der Waals surface area (Å²) in [5.74, 6) is -3.67. The second-order valence-corrected chi connectivity index (χ2v) is 17.0. The molecule has 2 bridgehead atoms. The summed E-state index contributed by atoms with van der Waals surface area (Å²) >= 11 is 0. The lowest BCUT2D eigenvalue weighted by molar-refractivity contribution is -0.162. The first-order valence-corrected chi connectivity index (χ1v) is 20.7. The summed E-state index contributed by atoms with van der Waals surface area (Å²) in [5.41, 5.74) is -2.49. The van der Waals surface area contributed by atoms with Gasteiger partial charge in [0.1, 0.15) is 63.7 Å². The van der Waals surface area contributed by atoms with Crippen LogP contribution >= 0.6 is 0 Å². The van der Waals surface area contributed by atoms with E-state index in [-0.39, 0.29) is 64.3 Å². The van der Waals surface area contributed by atoms with E-state index in [0.29, 0.717) is 12.3 Å². The average Bonchev–Trinajstić information content (AvgIpc) is 3.79. The molecule has 0 heterocycles. The first-order valence-electron chi connectivity index (χ1n) is 20.7. The van der Waals surface area contributed by atoms with Crippen molar-refractivity contribution in [3.8, 4) is 0 Å². The van der Waals surface area contributed by atoms with Crippen molar-refractivity contribution in [1.29, 1.82) is 0 Å². The van der Waals surface area contributed by atoms with E-state index < -0.39 is 112 Å². The number of alkyl carbamates (subject to hydrolysis) is 2. The molecule has 18 nitrogen and oxygen atoms in total. The van der Waals surface area contributed by atoms with Crippen LogP contribution in [0.1, 0.15) is 67.2 Å². The SMILES string of the molecule is C=C(C)C(=O)OCC(COC(=O)NCCC1C2CCC1C(CNC(=O)OCC(COC(=O)C(=C)C)(COC(=O)C(=C)C)COC(=O)C(=C)C)C2)(COC(=O)C(=C)C)COC(=O)C(=C)C. The third-order valence-corrected chi connectivity index (χ3v) is 10.7. The molecule has 0 spiro atoms. The minimum absolute atomic E-state index is 0.0857. The van der Waals surface area contributed by atoms with Gasteiger partial charge in [0.25, 0.3) is 0 Å². The smallest absolute Gasteiger partial charge is 0.407 e. The highest BCUT2D eigenvalue weighted by Gasteiger charge is 2.47. The molecule has 0 aromatic heterocycles. The second kappa shape index (κ2) is 25.2. The van der Waals surface area contributed by atoms with Crippen molar-refractivity contribution >= 4 is 48.0 Å². The third-order valence-electron chi connectivity index (χ3n) is 10.7. The Morgan fingerprint density at radius 3 is 1.06 bits per heavy atom. The third kappa shape index (κ3) is 17.5. The van der Waals surface area contributed by atoms with E-state index in [9.17, 15) is 38.4 Å². The van der Waals surface area contributed by atoms with E-state index in [0.717, 1.165) is 19.3 Å². The highest BCUT2D eigenvalue weighted by molar-refractivity contribution is 5.89. The van der Waals surface area contributed by atoms with Gasteiger partial charge in [-0.1, -0.05) is 39.5 Å². The maximum Gasteiger partial charge on any atom is 0.407 e. The molecule has 4 atom stereocenters. The highest BCUT2D eigenvalue weighted by Crippen LogP contribution is 2.53. The highest BCUT2D eigenvalue weighted by atomic mass is 16.6. The van der Waals surface area contributed by atoms with Crippen molar-refractivity contribution < 1.29 is 76.3 Å². The topological polar surface area (TPSA) is 234 Å². The van der Waals surface area contributed by atoms with Gasteiger partial charge in [0, 0.05) is 46.5 Å². The number of hydrogen-bond acceptors (Lipinski definition) is 16. The van der Waals surface area contributed by atoms with Gasteiger partial charge in [-0.15, -0.1) is 0 Å². The molecule has 0 aliphatic heterocycles. The van der Waals surface area contributed by atoms with Gasteiger partial charge >= 0.3 is 48.0 Å². The van der Waals surface area contributed by atoms with Gasteiger partial charge in [0.2, 0.25) is 0 Å². The predicted octanol–water partition coefficient (Wildman–Crippen LogP) is 5.18. The summed E-state index contributed by atoms with van der Waals surface area (Å²) in [6.45, 7) is 26.8. The summed E-state index contributed by atoms with van der Waals surface area (Å²) in [6, 6.07) is 0. The molecule has 2 aliphatic carbocycles. The number of ether oxygens (including phenoxy) is 8. The van der Waals surface area contributed by atoms with E-state index in [1.807, 2.05) is 0 Å². The molecule has 0 saturated heterocycles. The molecular weight excluding hydrogens is 837 g/mol. The van der Waals surface area contributed by atoms with E-state index in [2.05, 4.69) is 50.1 Å². The molecule has 18 heteroatoms. The van der Waals surface area contributed by atoms with Gasteiger partial charge in [-0.2, -0.15) is 0 Å². The van der Waals surface area contributed by atoms with E-state index >= 15 is 0 Å². The Morgan fingerprint density at radius 1 is 0.453 bits per heavy atom. The molecular formula is C46H64N2O16. The van der Waals surface area contributed by atoms with Crippen LogP contribution in [0.2, 0.25) is 0 Å². The summed E-state index contributed by atoms with van der Waals surface area (Å²) in [6.07, 6.45) is 1.72. The van der Waals surface area contributed by atoms with Crippen LogP contribution in [0.15, 0.2) is 72.9 Å². The number of carbonyl (C=O) groups is 8. The van der Waals surface area contributed by atoms with Gasteiger partial charge in [-0.3, -0.25) is 0 Å². The zero-order chi connectivity index (χ0) is 48.4. The van der Waals surface area contributed by atoms with Gasteiger partial charge < -0.3 is 48.5 Å². The van der Waals surface area contributed by atoms with E-state index in [4.69, 9.17) is 37.9 Å². The van der Waals surface area contributed by atoms with Crippen molar-refractivity contribution in [1.82, 2.24) is 10.6 Å². The van der Waals surface area contributed by atoms with Gasteiger partial charge in [0.05, 0.1) is 0 Å². The molecule has 2 N–H and O–H groups in total. The Bertz CT molecular complexity index is 1720. The van der Waals surface area contributed by atoms with Crippen molar-refractivity contribution in [3.63, 3.8) is 0 Å². The van der Waals surface area contributed by atoms with Crippen LogP contribution in [0, 0.1) is 34.5 Å². The quantitative estimate of drug-likeness (QED) is 0.0614. The average molecular weight is 901 g/mol. The molecule has 2 aliphatic rings. The second-order valence-electron chi connectivity index (χ2n) is 17.0. The molecule has 0 aromatic rings. The van der Waals surface area contributed by atoms with E-state index in [1.165, 1.54) is 41.5 Å². The van der Waals surface area contributed by atoms with Crippen LogP contribution in [0.4, 0.5) is 9.59 Å². The number of fused-ring (bicyclic) bond motifs is 2. The monoisotopic (exact) mass is 900 g/mol. The van der Waals surface area contributed by atoms with Crippen molar-refractivity contribution in [2.45, 2.75) is 67.2 Å². The lowest BCUT2D eigenvalue weighted by Gasteiger charge is -2.32. The number of amides is 2. The van der Waals surface area contributed by atoms with Crippen LogP contribution in [0.3, 0.4) is 0 Å². The molecule has 4 unspecified atom stereocenters. The molecule has 0 aromatic carbocycles. The van der Waals surface area contributed by atoms with Crippen LogP contribution < -0.4 is 10.6 Å². The Balaban J connectivity index is 2.07. The minimum Gasteiger partial charge on any atom is -0.461 e. The standard InChI is InChI=1S/C46H64N2O16/c1-27(2)37(49)57-19-45(20-58-38(50)28(3)4,21-59-39(51)29(5)6)25-63-43(55)47-16-15-36-33-13-14-35(36)34(17-33)18-48-44(56)64-26-46(22-60-40(52)30(7)8,23-61-41(53)31(9)10)24-62-42(54)32(11)12/h33-36H,1,3,5,7,9,11,13-26H2,2,4,6,8,10,12H3,(H,47,55)(H,48,56). The molecule has 0 radical (unpaired) electrons. The first kappa shape index (κ1) is 53.9. The Morgan fingerprint density at radius 2 is 0.750 bits per heavy atom. The fourth-order valence-corrected chi connectivity index (χ4v) is 6.96. The van der Waals surface area contributed by atoms with Crippen molar-refractivity contribution in [3.05, 3.63) is 72.9 Å². The lowest BCUT2D eigenvalue weighted by Crippen LogP contribution is -2.45. The van der Waals surface area contributed by atoms with E-state index in [1.54, 1.807) is 0 Å². The number of carbonyl (C=O) groups excluding carboxylic acids is 8. The Hall–Kier alpha value is -6.20. The maximum atomic E-state index is 13.1. The number of esters is 6. The van der Waals surface area contributed by atoms with Crippen LogP contribution in [0.25, 0.3) is 0 Å². The fraction of sp³-hybridized carbons (Fsp3) is 0.565. The Kier molecular flexibility index (Phi) is 21.2. The summed E-state index contributed by atoms with van der Waals surface area (Å²) in [7, 11) is 0. The summed E-state index contributed by atoms with van der Waals surface area (Å²) < 4.78 is 43.2. The molecule has 2 fully saturated rings.